The lowest BCUT2D eigenvalue weighted by Gasteiger charge is -2.23. The first-order valence-corrected chi connectivity index (χ1v) is 8.69. The van der Waals surface area contributed by atoms with Crippen LogP contribution in [0.4, 0.5) is 0 Å². The van der Waals surface area contributed by atoms with Gasteiger partial charge in [0.25, 0.3) is 0 Å². The van der Waals surface area contributed by atoms with Crippen LogP contribution in [0, 0.1) is 0 Å². The summed E-state index contributed by atoms with van der Waals surface area (Å²) in [5.74, 6) is 0.391. The molecule has 0 heterocycles. The van der Waals surface area contributed by atoms with Crippen LogP contribution in [-0.4, -0.2) is 11.1 Å². The normalized spacial score (nSPS) is 13.5. The molecule has 3 aromatic rings. The van der Waals surface area contributed by atoms with E-state index in [4.69, 9.17) is 4.74 Å². The second-order valence-corrected chi connectivity index (χ2v) is 6.56. The zero-order valence-corrected chi connectivity index (χ0v) is 14.2. The minimum atomic E-state index is -0.350. The van der Waals surface area contributed by atoms with Crippen molar-refractivity contribution in [3.63, 3.8) is 0 Å². The van der Waals surface area contributed by atoms with Gasteiger partial charge in [0.1, 0.15) is 11.5 Å². The number of ether oxygens (including phenoxy) is 1. The van der Waals surface area contributed by atoms with Crippen LogP contribution in [0.25, 0.3) is 21.9 Å². The number of carbonyl (C=O) groups is 1. The number of benzene rings is 3. The number of phenolic OH excluding ortho intramolecular Hbond substituents is 1. The Morgan fingerprint density at radius 2 is 1.76 bits per heavy atom. The van der Waals surface area contributed by atoms with Crippen molar-refractivity contribution in [3.05, 3.63) is 59.7 Å². The maximum atomic E-state index is 11.6. The van der Waals surface area contributed by atoms with E-state index in [1.54, 1.807) is 6.07 Å². The zero-order chi connectivity index (χ0) is 17.4. The van der Waals surface area contributed by atoms with E-state index < -0.39 is 0 Å². The van der Waals surface area contributed by atoms with Gasteiger partial charge in [0, 0.05) is 18.1 Å². The SMILES string of the molecule is CC(=O)Oc1ccc2c(c1-c1c(O)ccc3ccccc13)CCCC2. The van der Waals surface area contributed by atoms with Crippen molar-refractivity contribution in [2.24, 2.45) is 0 Å². The van der Waals surface area contributed by atoms with Crippen molar-refractivity contribution in [3.8, 4) is 22.6 Å². The van der Waals surface area contributed by atoms with Crippen LogP contribution in [0.3, 0.4) is 0 Å². The van der Waals surface area contributed by atoms with Gasteiger partial charge in [-0.1, -0.05) is 36.4 Å². The van der Waals surface area contributed by atoms with Crippen molar-refractivity contribution in [2.45, 2.75) is 32.6 Å². The molecule has 0 aliphatic heterocycles. The van der Waals surface area contributed by atoms with Gasteiger partial charge in [-0.2, -0.15) is 0 Å². The Kier molecular flexibility index (Phi) is 3.92. The predicted molar refractivity (Wildman–Crippen MR) is 99.0 cm³/mol. The van der Waals surface area contributed by atoms with E-state index in [-0.39, 0.29) is 11.7 Å². The minimum absolute atomic E-state index is 0.214. The van der Waals surface area contributed by atoms with Crippen LogP contribution in [0.1, 0.15) is 30.9 Å². The van der Waals surface area contributed by atoms with E-state index in [0.717, 1.165) is 41.2 Å². The summed E-state index contributed by atoms with van der Waals surface area (Å²) in [6.07, 6.45) is 4.23. The van der Waals surface area contributed by atoms with E-state index in [2.05, 4.69) is 6.07 Å². The zero-order valence-electron chi connectivity index (χ0n) is 14.2. The maximum Gasteiger partial charge on any atom is 0.308 e. The number of aromatic hydroxyl groups is 1. The molecule has 0 saturated carbocycles. The summed E-state index contributed by atoms with van der Waals surface area (Å²) in [7, 11) is 0. The molecular weight excluding hydrogens is 312 g/mol. The average molecular weight is 332 g/mol. The molecule has 0 amide bonds. The molecule has 0 unspecified atom stereocenters. The van der Waals surface area contributed by atoms with Crippen LogP contribution in [0.5, 0.6) is 11.5 Å². The molecule has 25 heavy (non-hydrogen) atoms. The lowest BCUT2D eigenvalue weighted by atomic mass is 9.84. The molecule has 3 aromatic carbocycles. The topological polar surface area (TPSA) is 46.5 Å². The average Bonchev–Trinajstić information content (AvgIpc) is 2.62. The fourth-order valence-electron chi connectivity index (χ4n) is 3.84. The summed E-state index contributed by atoms with van der Waals surface area (Å²) in [5, 5.41) is 12.7. The fourth-order valence-corrected chi connectivity index (χ4v) is 3.84. The summed E-state index contributed by atoms with van der Waals surface area (Å²) < 4.78 is 5.52. The van der Waals surface area contributed by atoms with Gasteiger partial charge >= 0.3 is 5.97 Å². The van der Waals surface area contributed by atoms with Crippen molar-refractivity contribution in [2.75, 3.05) is 0 Å². The first kappa shape index (κ1) is 15.7. The Balaban J connectivity index is 2.08. The standard InChI is InChI=1S/C22H20O3/c1-14(23)25-20-13-11-16-7-3-5-9-18(16)22(20)21-17-8-4-2-6-15(17)10-12-19(21)24/h2,4,6,8,10-13,24H,3,5,7,9H2,1H3. The third-order valence-corrected chi connectivity index (χ3v) is 4.91. The lowest BCUT2D eigenvalue weighted by Crippen LogP contribution is -2.09. The van der Waals surface area contributed by atoms with Crippen LogP contribution < -0.4 is 4.74 Å². The van der Waals surface area contributed by atoms with Crippen molar-refractivity contribution in [1.29, 1.82) is 0 Å². The second kappa shape index (κ2) is 6.25. The van der Waals surface area contributed by atoms with Crippen LogP contribution in [0.15, 0.2) is 48.5 Å². The molecular formula is C22H20O3. The Bertz CT molecular complexity index is 972. The van der Waals surface area contributed by atoms with Crippen LogP contribution in [0.2, 0.25) is 0 Å². The number of hydrogen-bond donors (Lipinski definition) is 1. The van der Waals surface area contributed by atoms with Crippen LogP contribution >= 0.6 is 0 Å². The Morgan fingerprint density at radius 1 is 0.960 bits per heavy atom. The van der Waals surface area contributed by atoms with Crippen molar-refractivity contribution in [1.82, 2.24) is 0 Å². The van der Waals surface area contributed by atoms with Gasteiger partial charge in [0.2, 0.25) is 0 Å². The summed E-state index contributed by atoms with van der Waals surface area (Å²) in [5.41, 5.74) is 4.09. The van der Waals surface area contributed by atoms with Gasteiger partial charge < -0.3 is 9.84 Å². The Morgan fingerprint density at radius 3 is 2.60 bits per heavy atom. The van der Waals surface area contributed by atoms with Crippen molar-refractivity contribution < 1.29 is 14.6 Å². The maximum absolute atomic E-state index is 11.6. The molecule has 3 heteroatoms. The molecule has 0 spiro atoms. The monoisotopic (exact) mass is 332 g/mol. The molecule has 1 aliphatic rings. The highest BCUT2D eigenvalue weighted by Crippen LogP contribution is 2.45. The molecule has 126 valence electrons. The molecule has 3 nitrogen and oxygen atoms in total. The van der Waals surface area contributed by atoms with E-state index in [9.17, 15) is 9.90 Å². The van der Waals surface area contributed by atoms with Gasteiger partial charge in [-0.25, -0.2) is 0 Å². The number of carbonyl (C=O) groups excluding carboxylic acids is 1. The lowest BCUT2D eigenvalue weighted by molar-refractivity contribution is -0.131. The Labute approximate surface area is 146 Å². The van der Waals surface area contributed by atoms with E-state index in [0.29, 0.717) is 5.75 Å². The number of phenols is 1. The molecule has 0 fully saturated rings. The highest BCUT2D eigenvalue weighted by molar-refractivity contribution is 6.02. The number of rotatable bonds is 2. The number of hydrogen-bond acceptors (Lipinski definition) is 3. The van der Waals surface area contributed by atoms with Gasteiger partial charge in [-0.3, -0.25) is 4.79 Å². The minimum Gasteiger partial charge on any atom is -0.507 e. The van der Waals surface area contributed by atoms with E-state index in [1.807, 2.05) is 36.4 Å². The van der Waals surface area contributed by atoms with Gasteiger partial charge in [-0.05, 0) is 59.7 Å². The molecule has 0 atom stereocenters. The third-order valence-electron chi connectivity index (χ3n) is 4.91. The summed E-state index contributed by atoms with van der Waals surface area (Å²) >= 11 is 0. The fraction of sp³-hybridized carbons (Fsp3) is 0.227. The predicted octanol–water partition coefficient (Wildman–Crippen LogP) is 5.02. The molecule has 0 radical (unpaired) electrons. The molecule has 1 aliphatic carbocycles. The molecule has 4 rings (SSSR count). The molecule has 0 bridgehead atoms. The number of esters is 1. The quantitative estimate of drug-likeness (QED) is 0.529. The highest BCUT2D eigenvalue weighted by Gasteiger charge is 2.23. The van der Waals surface area contributed by atoms with E-state index >= 15 is 0 Å². The summed E-state index contributed by atoms with van der Waals surface area (Å²) in [4.78, 5) is 11.6. The number of aryl methyl sites for hydroxylation is 1. The third kappa shape index (κ3) is 2.76. The second-order valence-electron chi connectivity index (χ2n) is 6.56. The van der Waals surface area contributed by atoms with Gasteiger partial charge in [0.05, 0.1) is 0 Å². The van der Waals surface area contributed by atoms with Crippen LogP contribution in [-0.2, 0) is 17.6 Å². The smallest absolute Gasteiger partial charge is 0.308 e. The Hall–Kier alpha value is -2.81. The molecule has 0 aromatic heterocycles. The summed E-state index contributed by atoms with van der Waals surface area (Å²) in [6.45, 7) is 1.41. The first-order valence-electron chi connectivity index (χ1n) is 8.69. The highest BCUT2D eigenvalue weighted by atomic mass is 16.5. The molecule has 0 saturated heterocycles. The summed E-state index contributed by atoms with van der Waals surface area (Å²) in [6, 6.07) is 15.5. The van der Waals surface area contributed by atoms with Gasteiger partial charge in [-0.15, -0.1) is 0 Å². The van der Waals surface area contributed by atoms with Gasteiger partial charge in [0.15, 0.2) is 0 Å². The number of fused-ring (bicyclic) bond motifs is 2. The van der Waals surface area contributed by atoms with Crippen molar-refractivity contribution >= 4 is 16.7 Å². The van der Waals surface area contributed by atoms with E-state index in [1.165, 1.54) is 24.5 Å². The molecule has 1 N–H and O–H groups in total. The first-order chi connectivity index (χ1) is 12.1. The largest absolute Gasteiger partial charge is 0.507 e.